The highest BCUT2D eigenvalue weighted by Gasteiger charge is 2.30. The molecule has 7 nitrogen and oxygen atoms in total. The van der Waals surface area contributed by atoms with E-state index in [0.717, 1.165) is 24.2 Å². The number of hydrogen-bond acceptors (Lipinski definition) is 6. The first kappa shape index (κ1) is 23.2. The normalized spacial score (nSPS) is 14.7. The summed E-state index contributed by atoms with van der Waals surface area (Å²) in [5.41, 5.74) is 2.19. The summed E-state index contributed by atoms with van der Waals surface area (Å²) in [6, 6.07) is 1.91. The minimum absolute atomic E-state index is 0.00139. The summed E-state index contributed by atoms with van der Waals surface area (Å²) in [4.78, 5) is 31.7. The zero-order valence-electron chi connectivity index (χ0n) is 19.9. The standard InChI is InChI=1S/C24H35N3O4/c1-23(2,3)14-18-20-16(13-17(15-10-11-15)25-21(20)31-26-18)22(29)27(7)12-8-9-19(28)30-24(4,5)6/h13,15H,8-12,14H2,1-7H3. The summed E-state index contributed by atoms with van der Waals surface area (Å²) in [6.45, 7) is 12.4. The number of aromatic nitrogens is 2. The van der Waals surface area contributed by atoms with Crippen LogP contribution in [-0.2, 0) is 16.0 Å². The lowest BCUT2D eigenvalue weighted by molar-refractivity contribution is -0.154. The molecule has 2 aromatic rings. The van der Waals surface area contributed by atoms with Crippen LogP contribution in [0.5, 0.6) is 0 Å². The highest BCUT2D eigenvalue weighted by molar-refractivity contribution is 6.06. The molecular formula is C24H35N3O4. The van der Waals surface area contributed by atoms with Crippen LogP contribution in [0.3, 0.4) is 0 Å². The van der Waals surface area contributed by atoms with E-state index in [1.807, 2.05) is 26.8 Å². The number of amides is 1. The van der Waals surface area contributed by atoms with Crippen molar-refractivity contribution in [2.45, 2.75) is 85.2 Å². The molecule has 0 N–H and O–H groups in total. The summed E-state index contributed by atoms with van der Waals surface area (Å²) in [7, 11) is 1.76. The quantitative estimate of drug-likeness (QED) is 0.583. The second-order valence-corrected chi connectivity index (χ2v) is 10.8. The molecule has 0 unspecified atom stereocenters. The molecule has 1 saturated carbocycles. The van der Waals surface area contributed by atoms with Crippen LogP contribution in [0.25, 0.3) is 11.1 Å². The Hall–Kier alpha value is -2.44. The Morgan fingerprint density at radius 2 is 1.87 bits per heavy atom. The number of esters is 1. The molecular weight excluding hydrogens is 394 g/mol. The van der Waals surface area contributed by atoms with Crippen molar-refractivity contribution < 1.29 is 18.8 Å². The number of pyridine rings is 1. The SMILES string of the molecule is CN(CCCC(=O)OC(C)(C)C)C(=O)c1cc(C2CC2)nc2onc(CC(C)(C)C)c12. The van der Waals surface area contributed by atoms with Gasteiger partial charge in [-0.05, 0) is 57.9 Å². The number of fused-ring (bicyclic) bond motifs is 1. The third-order valence-electron chi connectivity index (χ3n) is 5.10. The van der Waals surface area contributed by atoms with Gasteiger partial charge in [-0.15, -0.1) is 0 Å². The molecule has 0 bridgehead atoms. The maximum absolute atomic E-state index is 13.4. The van der Waals surface area contributed by atoms with Crippen LogP contribution in [-0.4, -0.2) is 46.1 Å². The Morgan fingerprint density at radius 3 is 2.45 bits per heavy atom. The van der Waals surface area contributed by atoms with E-state index in [1.54, 1.807) is 11.9 Å². The van der Waals surface area contributed by atoms with Gasteiger partial charge in [0.2, 0.25) is 0 Å². The topological polar surface area (TPSA) is 85.5 Å². The number of carbonyl (C=O) groups is 2. The fraction of sp³-hybridized carbons (Fsp3) is 0.667. The van der Waals surface area contributed by atoms with E-state index >= 15 is 0 Å². The number of ether oxygens (including phenoxy) is 1. The monoisotopic (exact) mass is 429 g/mol. The fourth-order valence-electron chi connectivity index (χ4n) is 3.57. The first-order chi connectivity index (χ1) is 14.3. The van der Waals surface area contributed by atoms with Gasteiger partial charge in [0.1, 0.15) is 5.60 Å². The van der Waals surface area contributed by atoms with Gasteiger partial charge in [-0.3, -0.25) is 9.59 Å². The first-order valence-electron chi connectivity index (χ1n) is 11.1. The van der Waals surface area contributed by atoms with Gasteiger partial charge in [0.05, 0.1) is 16.6 Å². The Morgan fingerprint density at radius 1 is 1.19 bits per heavy atom. The van der Waals surface area contributed by atoms with Gasteiger partial charge in [-0.25, -0.2) is 4.98 Å². The van der Waals surface area contributed by atoms with Crippen LogP contribution >= 0.6 is 0 Å². The molecule has 0 radical (unpaired) electrons. The second-order valence-electron chi connectivity index (χ2n) is 10.8. The van der Waals surface area contributed by atoms with Crippen molar-refractivity contribution in [3.63, 3.8) is 0 Å². The van der Waals surface area contributed by atoms with E-state index in [9.17, 15) is 9.59 Å². The molecule has 3 rings (SSSR count). The molecule has 0 atom stereocenters. The van der Waals surface area contributed by atoms with Crippen LogP contribution in [0.2, 0.25) is 0 Å². The minimum atomic E-state index is -0.502. The van der Waals surface area contributed by atoms with Gasteiger partial charge >= 0.3 is 5.97 Å². The summed E-state index contributed by atoms with van der Waals surface area (Å²) in [5, 5.41) is 4.97. The molecule has 1 aliphatic carbocycles. The van der Waals surface area contributed by atoms with Gasteiger partial charge in [0, 0.05) is 31.6 Å². The highest BCUT2D eigenvalue weighted by atomic mass is 16.6. The van der Waals surface area contributed by atoms with Crippen molar-refractivity contribution in [1.29, 1.82) is 0 Å². The number of carbonyl (C=O) groups excluding carboxylic acids is 2. The summed E-state index contributed by atoms with van der Waals surface area (Å²) < 4.78 is 10.9. The second kappa shape index (κ2) is 8.60. The van der Waals surface area contributed by atoms with Crippen molar-refractivity contribution in [2.75, 3.05) is 13.6 Å². The fourth-order valence-corrected chi connectivity index (χ4v) is 3.57. The lowest BCUT2D eigenvalue weighted by atomic mass is 9.89. The predicted molar refractivity (Wildman–Crippen MR) is 119 cm³/mol. The summed E-state index contributed by atoms with van der Waals surface area (Å²) in [6.07, 6.45) is 3.67. The van der Waals surface area contributed by atoms with Crippen molar-refractivity contribution in [3.05, 3.63) is 23.0 Å². The van der Waals surface area contributed by atoms with Crippen LogP contribution in [0.15, 0.2) is 10.6 Å². The molecule has 31 heavy (non-hydrogen) atoms. The first-order valence-corrected chi connectivity index (χ1v) is 11.1. The molecule has 1 fully saturated rings. The van der Waals surface area contributed by atoms with Crippen molar-refractivity contribution in [1.82, 2.24) is 15.0 Å². The molecule has 2 heterocycles. The van der Waals surface area contributed by atoms with Crippen LogP contribution < -0.4 is 0 Å². The molecule has 0 saturated heterocycles. The largest absolute Gasteiger partial charge is 0.460 e. The molecule has 2 aromatic heterocycles. The van der Waals surface area contributed by atoms with E-state index in [1.165, 1.54) is 0 Å². The maximum atomic E-state index is 13.4. The average molecular weight is 430 g/mol. The lowest BCUT2D eigenvalue weighted by Gasteiger charge is -2.21. The van der Waals surface area contributed by atoms with Crippen LogP contribution in [0, 0.1) is 5.41 Å². The molecule has 1 aliphatic rings. The van der Waals surface area contributed by atoms with Gasteiger partial charge in [0.15, 0.2) is 0 Å². The molecule has 0 aromatic carbocycles. The zero-order chi connectivity index (χ0) is 23.0. The minimum Gasteiger partial charge on any atom is -0.460 e. The number of hydrogen-bond donors (Lipinski definition) is 0. The van der Waals surface area contributed by atoms with Crippen molar-refractivity contribution >= 4 is 23.0 Å². The summed E-state index contributed by atoms with van der Waals surface area (Å²) >= 11 is 0. The third-order valence-corrected chi connectivity index (χ3v) is 5.10. The Kier molecular flexibility index (Phi) is 6.44. The average Bonchev–Trinajstić information content (AvgIpc) is 3.40. The van der Waals surface area contributed by atoms with Crippen molar-refractivity contribution in [2.24, 2.45) is 5.41 Å². The van der Waals surface area contributed by atoms with Crippen LogP contribution in [0.1, 0.15) is 94.9 Å². The Bertz CT molecular complexity index is 962. The van der Waals surface area contributed by atoms with Gasteiger partial charge in [0.25, 0.3) is 11.6 Å². The molecule has 0 spiro atoms. The smallest absolute Gasteiger partial charge is 0.306 e. The zero-order valence-corrected chi connectivity index (χ0v) is 19.9. The van der Waals surface area contributed by atoms with E-state index in [2.05, 4.69) is 30.9 Å². The molecule has 7 heteroatoms. The number of nitrogens with zero attached hydrogens (tertiary/aromatic N) is 3. The van der Waals surface area contributed by atoms with Crippen molar-refractivity contribution in [3.8, 4) is 0 Å². The molecule has 1 amide bonds. The predicted octanol–water partition coefficient (Wildman–Crippen LogP) is 4.88. The van der Waals surface area contributed by atoms with E-state index < -0.39 is 5.60 Å². The maximum Gasteiger partial charge on any atom is 0.306 e. The molecule has 0 aliphatic heterocycles. The third kappa shape index (κ3) is 6.28. The Balaban J connectivity index is 1.79. The van der Waals surface area contributed by atoms with Gasteiger partial charge in [-0.2, -0.15) is 0 Å². The van der Waals surface area contributed by atoms with E-state index in [4.69, 9.17) is 9.26 Å². The van der Waals surface area contributed by atoms with Gasteiger partial charge in [-0.1, -0.05) is 25.9 Å². The van der Waals surface area contributed by atoms with E-state index in [-0.39, 0.29) is 23.7 Å². The van der Waals surface area contributed by atoms with Crippen LogP contribution in [0.4, 0.5) is 0 Å². The number of rotatable bonds is 7. The lowest BCUT2D eigenvalue weighted by Crippen LogP contribution is -2.29. The van der Waals surface area contributed by atoms with Gasteiger partial charge < -0.3 is 14.2 Å². The highest BCUT2D eigenvalue weighted by Crippen LogP contribution is 2.41. The Labute approximate surface area is 184 Å². The summed E-state index contributed by atoms with van der Waals surface area (Å²) in [5.74, 6) is 0.0450. The van der Waals surface area contributed by atoms with E-state index in [0.29, 0.717) is 42.0 Å². The molecule has 170 valence electrons.